The monoisotopic (exact) mass is 460 g/mol. The number of anilines is 1. The molecule has 0 radical (unpaired) electrons. The van der Waals surface area contributed by atoms with Gasteiger partial charge in [0.05, 0.1) is 5.92 Å². The van der Waals surface area contributed by atoms with Crippen LogP contribution in [0.4, 0.5) is 10.6 Å². The third-order valence-corrected chi connectivity index (χ3v) is 6.40. The van der Waals surface area contributed by atoms with Gasteiger partial charge in [-0.1, -0.05) is 48.5 Å². The van der Waals surface area contributed by atoms with E-state index in [1.54, 1.807) is 7.05 Å². The molecule has 1 fully saturated rings. The number of ether oxygens (including phenoxy) is 1. The van der Waals surface area contributed by atoms with Crippen molar-refractivity contribution in [1.29, 1.82) is 0 Å². The fraction of sp³-hybridized carbons (Fsp3) is 0.280. The zero-order valence-electron chi connectivity index (χ0n) is 18.5. The third kappa shape index (κ3) is 4.12. The fourth-order valence-corrected chi connectivity index (χ4v) is 4.57. The highest BCUT2D eigenvalue weighted by Gasteiger charge is 2.43. The molecule has 0 bridgehead atoms. The Morgan fingerprint density at radius 1 is 1.09 bits per heavy atom. The van der Waals surface area contributed by atoms with Crippen molar-refractivity contribution in [2.24, 2.45) is 18.9 Å². The lowest BCUT2D eigenvalue weighted by atomic mass is 9.98. The van der Waals surface area contributed by atoms with Crippen LogP contribution in [-0.4, -0.2) is 46.0 Å². The zero-order chi connectivity index (χ0) is 23.8. The molecule has 3 N–H and O–H groups in total. The maximum atomic E-state index is 12.6. The van der Waals surface area contributed by atoms with Crippen LogP contribution in [0.3, 0.4) is 0 Å². The summed E-state index contributed by atoms with van der Waals surface area (Å²) in [6, 6.07) is 16.1. The number of aliphatic carboxylic acids is 1. The van der Waals surface area contributed by atoms with Crippen molar-refractivity contribution >= 4 is 23.8 Å². The summed E-state index contributed by atoms with van der Waals surface area (Å²) in [6.07, 6.45) is 1.34. The van der Waals surface area contributed by atoms with Crippen LogP contribution in [0.2, 0.25) is 0 Å². The number of carboxylic acids is 1. The van der Waals surface area contributed by atoms with E-state index in [9.17, 15) is 14.4 Å². The van der Waals surface area contributed by atoms with Gasteiger partial charge in [0.25, 0.3) is 5.91 Å². The lowest BCUT2D eigenvalue weighted by molar-refractivity contribution is -0.138. The Hall–Kier alpha value is -4.14. The van der Waals surface area contributed by atoms with Crippen molar-refractivity contribution < 1.29 is 24.2 Å². The van der Waals surface area contributed by atoms with E-state index in [1.807, 2.05) is 36.4 Å². The summed E-state index contributed by atoms with van der Waals surface area (Å²) in [5.74, 6) is -1.76. The predicted octanol–water partition coefficient (Wildman–Crippen LogP) is 3.23. The molecule has 3 aromatic rings. The number of hydrogen-bond acceptors (Lipinski definition) is 5. The van der Waals surface area contributed by atoms with E-state index in [4.69, 9.17) is 9.84 Å². The maximum Gasteiger partial charge on any atom is 0.412 e. The summed E-state index contributed by atoms with van der Waals surface area (Å²) in [4.78, 5) is 36.2. The number of carbonyl (C=O) groups is 3. The Kier molecular flexibility index (Phi) is 5.53. The molecular weight excluding hydrogens is 436 g/mol. The van der Waals surface area contributed by atoms with Crippen LogP contribution in [0.1, 0.15) is 33.8 Å². The molecule has 1 heterocycles. The van der Waals surface area contributed by atoms with Crippen LogP contribution in [0.15, 0.2) is 54.7 Å². The molecule has 2 aliphatic carbocycles. The Morgan fingerprint density at radius 3 is 2.35 bits per heavy atom. The second-order valence-electron chi connectivity index (χ2n) is 8.67. The molecular formula is C25H24N4O5. The van der Waals surface area contributed by atoms with Crippen LogP contribution in [0.25, 0.3) is 11.1 Å². The normalized spacial score (nSPS) is 18.0. The molecule has 2 aliphatic rings. The summed E-state index contributed by atoms with van der Waals surface area (Å²) in [5, 5.41) is 18.5. The van der Waals surface area contributed by atoms with Gasteiger partial charge in [-0.05, 0) is 34.6 Å². The summed E-state index contributed by atoms with van der Waals surface area (Å²) < 4.78 is 6.96. The summed E-state index contributed by atoms with van der Waals surface area (Å²) in [7, 11) is 1.64. The number of amides is 2. The second-order valence-corrected chi connectivity index (χ2v) is 8.67. The minimum absolute atomic E-state index is 0.0725. The van der Waals surface area contributed by atoms with E-state index in [0.717, 1.165) is 22.3 Å². The molecule has 2 aromatic carbocycles. The van der Waals surface area contributed by atoms with E-state index < -0.39 is 23.9 Å². The molecule has 0 saturated heterocycles. The number of carbonyl (C=O) groups excluding carboxylic acids is 2. The van der Waals surface area contributed by atoms with Crippen LogP contribution in [0.5, 0.6) is 0 Å². The zero-order valence-corrected chi connectivity index (χ0v) is 18.5. The molecule has 1 saturated carbocycles. The van der Waals surface area contributed by atoms with Crippen LogP contribution in [-0.2, 0) is 16.6 Å². The van der Waals surface area contributed by atoms with Crippen molar-refractivity contribution in [2.45, 2.75) is 12.3 Å². The lowest BCUT2D eigenvalue weighted by Gasteiger charge is -2.14. The standard InChI is InChI=1S/C25H24N4O5/c1-29-12-20(23(30)26-11-14-10-19(14)24(31)32)22(28-29)27-25(33)34-13-21-17-8-4-2-6-15(17)16-7-3-5-9-18(16)21/h2-9,12,14,19,21H,10-11,13H2,1H3,(H,26,30)(H,31,32)(H,27,28,33)/t14-,19-/m0/s1. The summed E-state index contributed by atoms with van der Waals surface area (Å²) >= 11 is 0. The number of carboxylic acid groups (broad SMARTS) is 1. The topological polar surface area (TPSA) is 123 Å². The largest absolute Gasteiger partial charge is 0.481 e. The highest BCUT2D eigenvalue weighted by atomic mass is 16.5. The molecule has 0 aliphatic heterocycles. The van der Waals surface area contributed by atoms with Gasteiger partial charge in [0.15, 0.2) is 5.82 Å². The Balaban J connectivity index is 1.22. The molecule has 2 amide bonds. The molecule has 2 atom stereocenters. The fourth-order valence-electron chi connectivity index (χ4n) is 4.57. The summed E-state index contributed by atoms with van der Waals surface area (Å²) in [5.41, 5.74) is 4.67. The first-order valence-corrected chi connectivity index (χ1v) is 11.1. The highest BCUT2D eigenvalue weighted by Crippen LogP contribution is 2.44. The van der Waals surface area contributed by atoms with E-state index in [2.05, 4.69) is 27.9 Å². The Morgan fingerprint density at radius 2 is 1.74 bits per heavy atom. The van der Waals surface area contributed by atoms with Gasteiger partial charge in [0, 0.05) is 25.7 Å². The molecule has 174 valence electrons. The first-order valence-electron chi connectivity index (χ1n) is 11.1. The molecule has 34 heavy (non-hydrogen) atoms. The average Bonchev–Trinajstić information content (AvgIpc) is 3.43. The van der Waals surface area contributed by atoms with Crippen molar-refractivity contribution in [3.63, 3.8) is 0 Å². The smallest absolute Gasteiger partial charge is 0.412 e. The SMILES string of the molecule is Cn1cc(C(=O)NC[C@@H]2C[C@@H]2C(=O)O)c(NC(=O)OCC2c3ccccc3-c3ccccc32)n1. The molecule has 0 spiro atoms. The van der Waals surface area contributed by atoms with E-state index >= 15 is 0 Å². The first kappa shape index (κ1) is 21.7. The van der Waals surface area contributed by atoms with Gasteiger partial charge >= 0.3 is 12.1 Å². The van der Waals surface area contributed by atoms with Crippen LogP contribution < -0.4 is 10.6 Å². The highest BCUT2D eigenvalue weighted by molar-refractivity contribution is 6.01. The maximum absolute atomic E-state index is 12.6. The molecule has 0 unspecified atom stereocenters. The number of nitrogens with one attached hydrogen (secondary N) is 2. The van der Waals surface area contributed by atoms with Crippen LogP contribution in [0, 0.1) is 11.8 Å². The van der Waals surface area contributed by atoms with Gasteiger partial charge in [-0.2, -0.15) is 5.10 Å². The van der Waals surface area contributed by atoms with Crippen molar-refractivity contribution in [1.82, 2.24) is 15.1 Å². The number of hydrogen-bond donors (Lipinski definition) is 3. The quantitative estimate of drug-likeness (QED) is 0.498. The van der Waals surface area contributed by atoms with E-state index in [1.165, 1.54) is 10.9 Å². The van der Waals surface area contributed by atoms with E-state index in [-0.39, 0.29) is 36.4 Å². The number of aryl methyl sites for hydroxylation is 1. The molecule has 9 heteroatoms. The van der Waals surface area contributed by atoms with Crippen molar-refractivity contribution in [3.05, 3.63) is 71.4 Å². The third-order valence-electron chi connectivity index (χ3n) is 6.40. The number of aromatic nitrogens is 2. The number of benzene rings is 2. The summed E-state index contributed by atoms with van der Waals surface area (Å²) in [6.45, 7) is 0.404. The predicted molar refractivity (Wildman–Crippen MR) is 123 cm³/mol. The van der Waals surface area contributed by atoms with Crippen molar-refractivity contribution in [3.8, 4) is 11.1 Å². The number of nitrogens with zero attached hydrogens (tertiary/aromatic N) is 2. The number of fused-ring (bicyclic) bond motifs is 3. The minimum Gasteiger partial charge on any atom is -0.481 e. The lowest BCUT2D eigenvalue weighted by Crippen LogP contribution is -2.27. The van der Waals surface area contributed by atoms with Gasteiger partial charge in [0.1, 0.15) is 12.2 Å². The van der Waals surface area contributed by atoms with E-state index in [0.29, 0.717) is 6.42 Å². The van der Waals surface area contributed by atoms with Gasteiger partial charge in [-0.15, -0.1) is 0 Å². The second kappa shape index (κ2) is 8.66. The van der Waals surface area contributed by atoms with Crippen LogP contribution >= 0.6 is 0 Å². The molecule has 9 nitrogen and oxygen atoms in total. The minimum atomic E-state index is -0.849. The Bertz CT molecular complexity index is 1240. The average molecular weight is 460 g/mol. The Labute approximate surface area is 195 Å². The molecule has 1 aromatic heterocycles. The van der Waals surface area contributed by atoms with Gasteiger partial charge in [-0.25, -0.2) is 4.79 Å². The van der Waals surface area contributed by atoms with Gasteiger partial charge < -0.3 is 15.2 Å². The molecule has 5 rings (SSSR count). The van der Waals surface area contributed by atoms with Gasteiger partial charge in [-0.3, -0.25) is 19.6 Å². The number of rotatable bonds is 7. The van der Waals surface area contributed by atoms with Crippen molar-refractivity contribution in [2.75, 3.05) is 18.5 Å². The first-order chi connectivity index (χ1) is 16.4. The van der Waals surface area contributed by atoms with Gasteiger partial charge in [0.2, 0.25) is 0 Å².